The molecule has 0 fully saturated rings. The fourth-order valence-corrected chi connectivity index (χ4v) is 1.88. The van der Waals surface area contributed by atoms with Gasteiger partial charge in [0.25, 0.3) is 0 Å². The standard InChI is InChI=1S/C14H10ClF3N2O2/c15-13-5-4-10(19-20-13)8-11(21)6-9-2-1-3-12(7-9)22-14(16,17)18/h1-5,7H,6,8H2. The van der Waals surface area contributed by atoms with Crippen LogP contribution in [0.25, 0.3) is 0 Å². The van der Waals surface area contributed by atoms with E-state index >= 15 is 0 Å². The number of benzene rings is 1. The topological polar surface area (TPSA) is 52.1 Å². The second-order valence-corrected chi connectivity index (χ2v) is 4.82. The van der Waals surface area contributed by atoms with Crippen LogP contribution in [0.4, 0.5) is 13.2 Å². The number of ether oxygens (including phenoxy) is 1. The molecule has 0 aliphatic heterocycles. The first-order valence-electron chi connectivity index (χ1n) is 6.16. The number of carbonyl (C=O) groups excluding carboxylic acids is 1. The first kappa shape index (κ1) is 16.2. The Kier molecular flexibility index (Phi) is 4.97. The summed E-state index contributed by atoms with van der Waals surface area (Å²) in [6.07, 6.45) is -4.77. The smallest absolute Gasteiger partial charge is 0.406 e. The highest BCUT2D eigenvalue weighted by Gasteiger charge is 2.31. The maximum absolute atomic E-state index is 12.1. The minimum Gasteiger partial charge on any atom is -0.406 e. The molecule has 0 amide bonds. The van der Waals surface area contributed by atoms with Crippen molar-refractivity contribution in [3.63, 3.8) is 0 Å². The van der Waals surface area contributed by atoms with Crippen molar-refractivity contribution >= 4 is 17.4 Å². The van der Waals surface area contributed by atoms with Gasteiger partial charge in [0.1, 0.15) is 11.5 Å². The van der Waals surface area contributed by atoms with Crippen molar-refractivity contribution in [2.75, 3.05) is 0 Å². The van der Waals surface area contributed by atoms with Gasteiger partial charge in [-0.3, -0.25) is 4.79 Å². The molecule has 8 heteroatoms. The van der Waals surface area contributed by atoms with Crippen LogP contribution >= 0.6 is 11.6 Å². The van der Waals surface area contributed by atoms with E-state index in [2.05, 4.69) is 14.9 Å². The summed E-state index contributed by atoms with van der Waals surface area (Å²) in [6, 6.07) is 8.37. The SMILES string of the molecule is O=C(Cc1cccc(OC(F)(F)F)c1)Cc1ccc(Cl)nn1. The number of hydrogen-bond acceptors (Lipinski definition) is 4. The van der Waals surface area contributed by atoms with Gasteiger partial charge in [-0.25, -0.2) is 0 Å². The quantitative estimate of drug-likeness (QED) is 0.843. The van der Waals surface area contributed by atoms with Crippen molar-refractivity contribution < 1.29 is 22.7 Å². The zero-order chi connectivity index (χ0) is 16.2. The van der Waals surface area contributed by atoms with Crippen LogP contribution in [0, 0.1) is 0 Å². The molecule has 0 saturated carbocycles. The monoisotopic (exact) mass is 330 g/mol. The van der Waals surface area contributed by atoms with E-state index < -0.39 is 6.36 Å². The number of hydrogen-bond donors (Lipinski definition) is 0. The van der Waals surface area contributed by atoms with E-state index in [1.807, 2.05) is 0 Å². The minimum atomic E-state index is -4.76. The van der Waals surface area contributed by atoms with E-state index in [0.717, 1.165) is 0 Å². The molecular formula is C14H10ClF3N2O2. The van der Waals surface area contributed by atoms with Gasteiger partial charge in [0.2, 0.25) is 0 Å². The van der Waals surface area contributed by atoms with Crippen molar-refractivity contribution in [1.29, 1.82) is 0 Å². The van der Waals surface area contributed by atoms with Gasteiger partial charge in [-0.05, 0) is 29.8 Å². The zero-order valence-corrected chi connectivity index (χ0v) is 11.9. The lowest BCUT2D eigenvalue weighted by atomic mass is 10.1. The third-order valence-electron chi connectivity index (χ3n) is 2.60. The molecule has 0 spiro atoms. The molecule has 0 N–H and O–H groups in total. The number of nitrogens with zero attached hydrogens (tertiary/aromatic N) is 2. The zero-order valence-electron chi connectivity index (χ0n) is 11.1. The van der Waals surface area contributed by atoms with E-state index in [-0.39, 0.29) is 29.5 Å². The van der Waals surface area contributed by atoms with Crippen molar-refractivity contribution in [2.45, 2.75) is 19.2 Å². The molecule has 1 aromatic heterocycles. The Morgan fingerprint density at radius 1 is 1.14 bits per heavy atom. The van der Waals surface area contributed by atoms with E-state index in [4.69, 9.17) is 11.6 Å². The molecule has 0 atom stereocenters. The maximum Gasteiger partial charge on any atom is 0.573 e. The maximum atomic E-state index is 12.1. The molecule has 1 aromatic carbocycles. The summed E-state index contributed by atoms with van der Waals surface area (Å²) < 4.78 is 40.2. The van der Waals surface area contributed by atoms with Crippen molar-refractivity contribution in [3.8, 4) is 5.75 Å². The molecule has 2 aromatic rings. The molecule has 0 saturated heterocycles. The van der Waals surface area contributed by atoms with Crippen LogP contribution in [-0.4, -0.2) is 22.3 Å². The predicted molar refractivity (Wildman–Crippen MR) is 72.6 cm³/mol. The molecular weight excluding hydrogens is 321 g/mol. The molecule has 0 bridgehead atoms. The highest BCUT2D eigenvalue weighted by molar-refractivity contribution is 6.29. The lowest BCUT2D eigenvalue weighted by Crippen LogP contribution is -2.17. The average Bonchev–Trinajstić information content (AvgIpc) is 2.40. The number of carbonyl (C=O) groups is 1. The highest BCUT2D eigenvalue weighted by Crippen LogP contribution is 2.23. The molecule has 0 unspecified atom stereocenters. The summed E-state index contributed by atoms with van der Waals surface area (Å²) in [5, 5.41) is 7.58. The van der Waals surface area contributed by atoms with Crippen molar-refractivity contribution in [1.82, 2.24) is 10.2 Å². The summed E-state index contributed by atoms with van der Waals surface area (Å²) in [5.74, 6) is -0.565. The fraction of sp³-hybridized carbons (Fsp3) is 0.214. The van der Waals surface area contributed by atoms with E-state index in [9.17, 15) is 18.0 Å². The molecule has 2 rings (SSSR count). The van der Waals surface area contributed by atoms with Crippen LogP contribution in [0.2, 0.25) is 5.15 Å². The summed E-state index contributed by atoms with van der Waals surface area (Å²) in [5.41, 5.74) is 0.866. The van der Waals surface area contributed by atoms with Gasteiger partial charge < -0.3 is 4.74 Å². The van der Waals surface area contributed by atoms with Gasteiger partial charge in [0.05, 0.1) is 12.1 Å². The third-order valence-corrected chi connectivity index (χ3v) is 2.80. The number of halogens is 4. The number of aromatic nitrogens is 2. The van der Waals surface area contributed by atoms with Crippen LogP contribution in [0.15, 0.2) is 36.4 Å². The van der Waals surface area contributed by atoms with Crippen molar-refractivity contribution in [3.05, 3.63) is 52.8 Å². The summed E-state index contributed by atoms with van der Waals surface area (Å²) in [7, 11) is 0. The van der Waals surface area contributed by atoms with E-state index in [1.54, 1.807) is 12.1 Å². The lowest BCUT2D eigenvalue weighted by molar-refractivity contribution is -0.274. The van der Waals surface area contributed by atoms with Gasteiger partial charge in [-0.2, -0.15) is 5.10 Å². The Bertz CT molecular complexity index is 660. The van der Waals surface area contributed by atoms with Crippen LogP contribution < -0.4 is 4.74 Å². The second kappa shape index (κ2) is 6.74. The Hall–Kier alpha value is -2.15. The second-order valence-electron chi connectivity index (χ2n) is 4.43. The first-order valence-corrected chi connectivity index (χ1v) is 6.54. The number of ketones is 1. The highest BCUT2D eigenvalue weighted by atomic mass is 35.5. The van der Waals surface area contributed by atoms with Gasteiger partial charge in [-0.1, -0.05) is 23.7 Å². The van der Waals surface area contributed by atoms with E-state index in [1.165, 1.54) is 24.3 Å². The van der Waals surface area contributed by atoms with Gasteiger partial charge in [0.15, 0.2) is 5.15 Å². The number of alkyl halides is 3. The average molecular weight is 331 g/mol. The lowest BCUT2D eigenvalue weighted by Gasteiger charge is -2.09. The summed E-state index contributed by atoms with van der Waals surface area (Å²) in [4.78, 5) is 11.9. The van der Waals surface area contributed by atoms with Crippen LogP contribution in [-0.2, 0) is 17.6 Å². The van der Waals surface area contributed by atoms with Gasteiger partial charge >= 0.3 is 6.36 Å². The summed E-state index contributed by atoms with van der Waals surface area (Å²) >= 11 is 5.58. The minimum absolute atomic E-state index is 0.0223. The summed E-state index contributed by atoms with van der Waals surface area (Å²) in [6.45, 7) is 0. The molecule has 22 heavy (non-hydrogen) atoms. The van der Waals surface area contributed by atoms with Gasteiger partial charge in [-0.15, -0.1) is 18.3 Å². The Morgan fingerprint density at radius 3 is 2.55 bits per heavy atom. The molecule has 0 aliphatic carbocycles. The van der Waals surface area contributed by atoms with Crippen molar-refractivity contribution in [2.24, 2.45) is 0 Å². The normalized spacial score (nSPS) is 11.3. The molecule has 0 aliphatic rings. The number of rotatable bonds is 5. The predicted octanol–water partition coefficient (Wildman–Crippen LogP) is 3.38. The van der Waals surface area contributed by atoms with Crippen LogP contribution in [0.1, 0.15) is 11.3 Å². The van der Waals surface area contributed by atoms with Crippen LogP contribution in [0.3, 0.4) is 0 Å². The molecule has 0 radical (unpaired) electrons. The largest absolute Gasteiger partial charge is 0.573 e. The Labute approximate surface area is 128 Å². The Balaban J connectivity index is 1.99. The molecule has 116 valence electrons. The van der Waals surface area contributed by atoms with E-state index in [0.29, 0.717) is 11.3 Å². The molecule has 4 nitrogen and oxygen atoms in total. The fourth-order valence-electron chi connectivity index (χ4n) is 1.78. The first-order chi connectivity index (χ1) is 10.3. The van der Waals surface area contributed by atoms with Crippen LogP contribution in [0.5, 0.6) is 5.75 Å². The Morgan fingerprint density at radius 2 is 1.91 bits per heavy atom. The third kappa shape index (κ3) is 5.33. The molecule has 1 heterocycles. The number of Topliss-reactive ketones (excluding diaryl/α,β-unsaturated/α-hetero) is 1. The van der Waals surface area contributed by atoms with Gasteiger partial charge in [0, 0.05) is 6.42 Å².